The fraction of sp³-hybridized carbons (Fsp3) is 0.107. The molecule has 0 atom stereocenters. The molecular formula is C28H22O7S. The van der Waals surface area contributed by atoms with Crippen molar-refractivity contribution in [2.75, 3.05) is 0 Å². The smallest absolute Gasteiger partial charge is 0.346 e. The minimum Gasteiger partial charge on any atom is -0.508 e. The molecule has 4 aromatic rings. The van der Waals surface area contributed by atoms with Crippen molar-refractivity contribution >= 4 is 29.2 Å². The Morgan fingerprint density at radius 3 is 1.94 bits per heavy atom. The number of benzene rings is 3. The predicted molar refractivity (Wildman–Crippen MR) is 135 cm³/mol. The zero-order valence-corrected chi connectivity index (χ0v) is 20.2. The van der Waals surface area contributed by atoms with Gasteiger partial charge in [-0.05, 0) is 53.1 Å². The molecule has 182 valence electrons. The van der Waals surface area contributed by atoms with Crippen LogP contribution in [-0.4, -0.2) is 33.2 Å². The molecule has 8 heteroatoms. The number of phenolic OH excluding ortho intramolecular Hbond substituents is 1. The normalized spacial score (nSPS) is 11.2. The lowest BCUT2D eigenvalue weighted by molar-refractivity contribution is 0.0693. The van der Waals surface area contributed by atoms with Crippen LogP contribution in [0.3, 0.4) is 0 Å². The number of aromatic hydroxyl groups is 1. The van der Waals surface area contributed by atoms with E-state index in [1.54, 1.807) is 42.5 Å². The molecule has 0 aliphatic heterocycles. The van der Waals surface area contributed by atoms with Crippen LogP contribution in [0.2, 0.25) is 0 Å². The number of carbonyl (C=O) groups excluding carboxylic acids is 1. The lowest BCUT2D eigenvalue weighted by Gasteiger charge is -2.26. The molecule has 0 aliphatic rings. The first kappa shape index (κ1) is 24.7. The Hall–Kier alpha value is -4.43. The first-order valence-electron chi connectivity index (χ1n) is 10.9. The third kappa shape index (κ3) is 4.85. The molecule has 0 fully saturated rings. The monoisotopic (exact) mass is 502 g/mol. The van der Waals surface area contributed by atoms with E-state index in [-0.39, 0.29) is 37.6 Å². The van der Waals surface area contributed by atoms with Crippen LogP contribution in [0.15, 0.2) is 78.9 Å². The van der Waals surface area contributed by atoms with Gasteiger partial charge in [-0.15, -0.1) is 11.3 Å². The van der Waals surface area contributed by atoms with Crippen molar-refractivity contribution in [2.45, 2.75) is 19.3 Å². The van der Waals surface area contributed by atoms with Gasteiger partial charge in [0, 0.05) is 11.0 Å². The average Bonchev–Trinajstić information content (AvgIpc) is 3.31. The van der Waals surface area contributed by atoms with E-state index in [1.807, 2.05) is 38.1 Å². The van der Waals surface area contributed by atoms with E-state index in [4.69, 9.17) is 4.74 Å². The second kappa shape index (κ2) is 9.67. The van der Waals surface area contributed by atoms with E-state index >= 15 is 0 Å². The number of carboxylic acid groups (broad SMARTS) is 2. The van der Waals surface area contributed by atoms with Gasteiger partial charge < -0.3 is 20.1 Å². The maximum atomic E-state index is 13.1. The maximum absolute atomic E-state index is 13.1. The number of ether oxygens (including phenoxy) is 1. The van der Waals surface area contributed by atoms with Gasteiger partial charge in [0.25, 0.3) is 0 Å². The zero-order chi connectivity index (χ0) is 26.0. The molecule has 0 bridgehead atoms. The molecule has 3 N–H and O–H groups in total. The van der Waals surface area contributed by atoms with E-state index in [0.717, 1.165) is 11.1 Å². The van der Waals surface area contributed by atoms with Crippen LogP contribution in [0.25, 0.3) is 11.1 Å². The Kier molecular flexibility index (Phi) is 6.63. The van der Waals surface area contributed by atoms with Crippen LogP contribution < -0.4 is 4.74 Å². The average molecular weight is 503 g/mol. The predicted octanol–water partition coefficient (Wildman–Crippen LogP) is 6.06. The molecule has 1 heterocycles. The summed E-state index contributed by atoms with van der Waals surface area (Å²) in [7, 11) is 0. The number of aromatic carboxylic acids is 2. The number of esters is 1. The number of carboxylic acids is 2. The number of rotatable bonds is 7. The van der Waals surface area contributed by atoms with Crippen molar-refractivity contribution in [2.24, 2.45) is 0 Å². The summed E-state index contributed by atoms with van der Waals surface area (Å²) in [4.78, 5) is 35.9. The molecule has 36 heavy (non-hydrogen) atoms. The molecule has 1 aromatic heterocycles. The summed E-state index contributed by atoms with van der Waals surface area (Å²) in [6.45, 7) is 4.09. The highest BCUT2D eigenvalue weighted by molar-refractivity contribution is 7.16. The lowest BCUT2D eigenvalue weighted by Crippen LogP contribution is -2.18. The number of carbonyl (C=O) groups is 3. The first-order valence-corrected chi connectivity index (χ1v) is 11.7. The lowest BCUT2D eigenvalue weighted by atomic mass is 9.78. The van der Waals surface area contributed by atoms with E-state index in [2.05, 4.69) is 0 Å². The largest absolute Gasteiger partial charge is 0.508 e. The molecule has 0 aliphatic carbocycles. The van der Waals surface area contributed by atoms with E-state index < -0.39 is 17.9 Å². The summed E-state index contributed by atoms with van der Waals surface area (Å²) in [5.41, 5.74) is 2.14. The summed E-state index contributed by atoms with van der Waals surface area (Å²) in [6, 6.07) is 21.6. The molecular weight excluding hydrogens is 480 g/mol. The summed E-state index contributed by atoms with van der Waals surface area (Å²) < 4.78 is 5.57. The van der Waals surface area contributed by atoms with Crippen molar-refractivity contribution in [3.05, 3.63) is 105 Å². The fourth-order valence-corrected chi connectivity index (χ4v) is 4.75. The highest BCUT2D eigenvalue weighted by Gasteiger charge is 2.25. The van der Waals surface area contributed by atoms with E-state index in [0.29, 0.717) is 17.1 Å². The van der Waals surface area contributed by atoms with Gasteiger partial charge in [-0.2, -0.15) is 0 Å². The van der Waals surface area contributed by atoms with Crippen LogP contribution in [0.4, 0.5) is 0 Å². The molecule has 0 spiro atoms. The highest BCUT2D eigenvalue weighted by atomic mass is 32.1. The Morgan fingerprint density at radius 2 is 1.36 bits per heavy atom. The molecule has 7 nitrogen and oxygen atoms in total. The Labute approximate surface area is 210 Å². The Balaban J connectivity index is 1.61. The van der Waals surface area contributed by atoms with Crippen LogP contribution in [-0.2, 0) is 5.41 Å². The zero-order valence-electron chi connectivity index (χ0n) is 19.4. The molecule has 4 rings (SSSR count). The molecule has 0 radical (unpaired) electrons. The maximum Gasteiger partial charge on any atom is 0.346 e. The third-order valence-electron chi connectivity index (χ3n) is 5.95. The summed E-state index contributed by atoms with van der Waals surface area (Å²) in [6.07, 6.45) is 0. The van der Waals surface area contributed by atoms with Gasteiger partial charge in [-0.3, -0.25) is 0 Å². The van der Waals surface area contributed by atoms with Crippen LogP contribution in [0.5, 0.6) is 11.5 Å². The Morgan fingerprint density at radius 1 is 0.778 bits per heavy atom. The van der Waals surface area contributed by atoms with Gasteiger partial charge in [0.1, 0.15) is 21.3 Å². The van der Waals surface area contributed by atoms with Crippen molar-refractivity contribution < 1.29 is 34.4 Å². The van der Waals surface area contributed by atoms with Crippen LogP contribution >= 0.6 is 11.3 Å². The van der Waals surface area contributed by atoms with Crippen molar-refractivity contribution in [3.8, 4) is 22.6 Å². The molecule has 0 amide bonds. The van der Waals surface area contributed by atoms with Crippen molar-refractivity contribution in [3.63, 3.8) is 0 Å². The Bertz CT molecular complexity index is 1450. The number of hydrogen-bond acceptors (Lipinski definition) is 6. The fourth-order valence-electron chi connectivity index (χ4n) is 3.90. The second-order valence-electron chi connectivity index (χ2n) is 8.60. The molecule has 0 saturated heterocycles. The first-order chi connectivity index (χ1) is 17.1. The van der Waals surface area contributed by atoms with Crippen molar-refractivity contribution in [1.82, 2.24) is 0 Å². The molecule has 3 aromatic carbocycles. The minimum absolute atomic E-state index is 0.114. The van der Waals surface area contributed by atoms with Crippen LogP contribution in [0.1, 0.15) is 54.7 Å². The van der Waals surface area contributed by atoms with Gasteiger partial charge in [0.2, 0.25) is 0 Å². The van der Waals surface area contributed by atoms with Gasteiger partial charge in [0.15, 0.2) is 0 Å². The summed E-state index contributed by atoms with van der Waals surface area (Å²) in [5, 5.41) is 28.4. The molecule has 0 unspecified atom stereocenters. The van der Waals surface area contributed by atoms with Gasteiger partial charge in [-0.1, -0.05) is 56.3 Å². The molecule has 0 saturated carbocycles. The highest BCUT2D eigenvalue weighted by Crippen LogP contribution is 2.35. The number of phenols is 1. The van der Waals surface area contributed by atoms with Crippen molar-refractivity contribution in [1.29, 1.82) is 0 Å². The number of hydrogen-bond donors (Lipinski definition) is 3. The summed E-state index contributed by atoms with van der Waals surface area (Å²) in [5.74, 6) is -2.73. The summed E-state index contributed by atoms with van der Waals surface area (Å²) >= 11 is 0.633. The van der Waals surface area contributed by atoms with Gasteiger partial charge in [-0.25, -0.2) is 14.4 Å². The number of thiophene rings is 1. The van der Waals surface area contributed by atoms with Gasteiger partial charge >= 0.3 is 17.9 Å². The standard InChI is InChI=1S/C28H22O7S/c1-28(2,16-7-11-18(29)12-8-16)17-9-13-19(14-10-17)35-27(34)21-6-4-3-5-20(21)22-15-23(25(30)31)36-24(22)26(32)33/h3-15,29H,1-2H3,(H,30,31)(H,32,33). The van der Waals surface area contributed by atoms with Crippen LogP contribution in [0, 0.1) is 0 Å². The second-order valence-corrected chi connectivity index (χ2v) is 9.65. The van der Waals surface area contributed by atoms with E-state index in [9.17, 15) is 29.7 Å². The topological polar surface area (TPSA) is 121 Å². The SMILES string of the molecule is CC(C)(c1ccc(O)cc1)c1ccc(OC(=O)c2ccccc2-c2cc(C(=O)O)sc2C(=O)O)cc1. The van der Waals surface area contributed by atoms with Gasteiger partial charge in [0.05, 0.1) is 5.56 Å². The quantitative estimate of drug-likeness (QED) is 0.207. The minimum atomic E-state index is -1.28. The third-order valence-corrected chi connectivity index (χ3v) is 7.06. The van der Waals surface area contributed by atoms with E-state index in [1.165, 1.54) is 12.1 Å².